The maximum absolute atomic E-state index is 12.1. The minimum Gasteiger partial charge on any atom is -0.384 e. The van der Waals surface area contributed by atoms with Crippen molar-refractivity contribution in [1.82, 2.24) is 0 Å². The van der Waals surface area contributed by atoms with E-state index in [1.54, 1.807) is 14.2 Å². The molecule has 0 amide bonds. The van der Waals surface area contributed by atoms with Crippen molar-refractivity contribution in [3.8, 4) is 0 Å². The molecule has 0 heterocycles. The second-order valence-corrected chi connectivity index (χ2v) is 5.79. The van der Waals surface area contributed by atoms with E-state index in [1.165, 1.54) is 0 Å². The maximum Gasteiger partial charge on any atom is 0.154 e. The first-order valence-corrected chi connectivity index (χ1v) is 6.69. The number of rotatable bonds is 5. The molecular formula is C12H18O3Si2. The van der Waals surface area contributed by atoms with E-state index in [2.05, 4.69) is 34.3 Å². The Morgan fingerprint density at radius 2 is 1.94 bits per heavy atom. The Morgan fingerprint density at radius 1 is 1.35 bits per heavy atom. The van der Waals surface area contributed by atoms with Crippen molar-refractivity contribution in [3.05, 3.63) is 10.8 Å². The Bertz CT molecular complexity index is 339. The van der Waals surface area contributed by atoms with E-state index >= 15 is 0 Å². The van der Waals surface area contributed by atoms with Gasteiger partial charge >= 0.3 is 0 Å². The molecule has 0 aromatic rings. The Balaban J connectivity index is 3.29. The summed E-state index contributed by atoms with van der Waals surface area (Å²) < 4.78 is 10.6. The van der Waals surface area contributed by atoms with Crippen LogP contribution in [0, 0.1) is 11.3 Å². The highest BCUT2D eigenvalue weighted by Gasteiger charge is 2.51. The predicted octanol–water partition coefficient (Wildman–Crippen LogP) is 0.884. The van der Waals surface area contributed by atoms with Crippen molar-refractivity contribution >= 4 is 26.3 Å². The first-order chi connectivity index (χ1) is 7.93. The van der Waals surface area contributed by atoms with Gasteiger partial charge in [0.05, 0.1) is 23.5 Å². The molecule has 6 radical (unpaired) electrons. The average molecular weight is 266 g/mol. The van der Waals surface area contributed by atoms with Crippen LogP contribution in [0.1, 0.15) is 13.8 Å². The zero-order valence-electron chi connectivity index (χ0n) is 10.8. The number of carbonyl (C=O) groups excluding carboxylic acids is 1. The molecule has 0 bridgehead atoms. The van der Waals surface area contributed by atoms with Crippen molar-refractivity contribution in [2.45, 2.75) is 19.4 Å². The summed E-state index contributed by atoms with van der Waals surface area (Å²) in [6, 6.07) is 0. The summed E-state index contributed by atoms with van der Waals surface area (Å²) in [5, 5.41) is 0.623. The molecular weight excluding hydrogens is 248 g/mol. The fourth-order valence-electron chi connectivity index (χ4n) is 2.54. The second kappa shape index (κ2) is 5.60. The van der Waals surface area contributed by atoms with Gasteiger partial charge in [-0.3, -0.25) is 4.79 Å². The first kappa shape index (κ1) is 14.8. The van der Waals surface area contributed by atoms with Crippen LogP contribution >= 0.6 is 0 Å². The number of hydrogen-bond donors (Lipinski definition) is 0. The monoisotopic (exact) mass is 266 g/mol. The zero-order chi connectivity index (χ0) is 13.2. The van der Waals surface area contributed by atoms with Gasteiger partial charge in [-0.2, -0.15) is 0 Å². The molecule has 3 nitrogen and oxygen atoms in total. The quantitative estimate of drug-likeness (QED) is 0.693. The smallest absolute Gasteiger partial charge is 0.154 e. The van der Waals surface area contributed by atoms with E-state index in [-0.39, 0.29) is 22.7 Å². The summed E-state index contributed by atoms with van der Waals surface area (Å²) in [6.45, 7) is 5.13. The Kier molecular flexibility index (Phi) is 4.89. The second-order valence-electron chi connectivity index (χ2n) is 4.71. The van der Waals surface area contributed by atoms with Crippen molar-refractivity contribution in [3.63, 3.8) is 0 Å². The van der Waals surface area contributed by atoms with E-state index in [1.807, 2.05) is 0 Å². The van der Waals surface area contributed by atoms with Crippen LogP contribution in [0.4, 0.5) is 0 Å². The summed E-state index contributed by atoms with van der Waals surface area (Å²) >= 11 is 0. The molecule has 1 aliphatic carbocycles. The highest BCUT2D eigenvalue weighted by molar-refractivity contribution is 6.45. The van der Waals surface area contributed by atoms with Crippen LogP contribution < -0.4 is 0 Å². The van der Waals surface area contributed by atoms with Crippen molar-refractivity contribution in [2.24, 2.45) is 11.3 Å². The number of ether oxygens (including phenoxy) is 2. The van der Waals surface area contributed by atoms with E-state index in [0.717, 1.165) is 5.57 Å². The van der Waals surface area contributed by atoms with Gasteiger partial charge in [0.15, 0.2) is 5.78 Å². The van der Waals surface area contributed by atoms with Gasteiger partial charge < -0.3 is 9.47 Å². The number of carbonyl (C=O) groups is 1. The van der Waals surface area contributed by atoms with Crippen LogP contribution in [-0.4, -0.2) is 53.7 Å². The molecule has 0 aliphatic heterocycles. The van der Waals surface area contributed by atoms with Crippen LogP contribution in [0.2, 0.25) is 5.54 Å². The summed E-state index contributed by atoms with van der Waals surface area (Å²) in [5.74, 6) is 0.337. The molecule has 0 spiro atoms. The summed E-state index contributed by atoms with van der Waals surface area (Å²) in [7, 11) is 10.3. The lowest BCUT2D eigenvalue weighted by molar-refractivity contribution is -0.116. The molecule has 0 saturated heterocycles. The predicted molar refractivity (Wildman–Crippen MR) is 68.3 cm³/mol. The van der Waals surface area contributed by atoms with Gasteiger partial charge in [-0.05, 0) is 16.7 Å². The van der Waals surface area contributed by atoms with Crippen molar-refractivity contribution < 1.29 is 14.3 Å². The minimum absolute atomic E-state index is 0.0659. The number of methoxy groups -OCH3 is 2. The van der Waals surface area contributed by atoms with Crippen LogP contribution in [-0.2, 0) is 14.3 Å². The molecule has 0 saturated carbocycles. The van der Waals surface area contributed by atoms with Crippen LogP contribution in [0.3, 0.4) is 0 Å². The summed E-state index contributed by atoms with van der Waals surface area (Å²) in [4.78, 5) is 12.1. The summed E-state index contributed by atoms with van der Waals surface area (Å²) in [5.41, 5.74) is 0.383. The molecule has 1 aliphatic rings. The van der Waals surface area contributed by atoms with Crippen molar-refractivity contribution in [1.29, 1.82) is 0 Å². The topological polar surface area (TPSA) is 35.5 Å². The molecule has 0 aromatic carbocycles. The molecule has 17 heavy (non-hydrogen) atoms. The van der Waals surface area contributed by atoms with Crippen molar-refractivity contribution in [2.75, 3.05) is 27.4 Å². The van der Waals surface area contributed by atoms with E-state index in [4.69, 9.17) is 9.47 Å². The van der Waals surface area contributed by atoms with Crippen LogP contribution in [0.15, 0.2) is 10.8 Å². The lowest BCUT2D eigenvalue weighted by Crippen LogP contribution is -2.39. The number of Topliss-reactive ketones (excluding diaryl/α,β-unsaturated/α-hetero) is 1. The molecule has 0 aromatic heterocycles. The lowest BCUT2D eigenvalue weighted by atomic mass is 9.72. The molecule has 2 unspecified atom stereocenters. The third-order valence-electron chi connectivity index (χ3n) is 3.59. The van der Waals surface area contributed by atoms with Gasteiger partial charge in [0.2, 0.25) is 0 Å². The SMILES string of the molecule is COCC1=C([Si])C(=O)C([Si])C1(COC)C(C)C. The minimum atomic E-state index is -0.337. The molecule has 0 fully saturated rings. The first-order valence-electron chi connectivity index (χ1n) is 5.61. The number of hydrogen-bond acceptors (Lipinski definition) is 3. The number of ketones is 1. The molecule has 0 N–H and O–H groups in total. The molecule has 92 valence electrons. The van der Waals surface area contributed by atoms with E-state index < -0.39 is 0 Å². The largest absolute Gasteiger partial charge is 0.384 e. The average Bonchev–Trinajstić information content (AvgIpc) is 2.45. The Labute approximate surface area is 110 Å². The standard InChI is InChI=1S/C12H18O3Si2/c1-7(2)12(6-15-4)8(5-14-3)10(16)9(13)11(12)17/h7,11H,5-6H2,1-4H3. The third-order valence-corrected chi connectivity index (χ3v) is 4.91. The highest BCUT2D eigenvalue weighted by Crippen LogP contribution is 2.52. The van der Waals surface area contributed by atoms with Gasteiger partial charge in [-0.25, -0.2) is 0 Å². The van der Waals surface area contributed by atoms with Gasteiger partial charge in [0, 0.05) is 35.4 Å². The Hall–Kier alpha value is -0.236. The van der Waals surface area contributed by atoms with Crippen LogP contribution in [0.5, 0.6) is 0 Å². The van der Waals surface area contributed by atoms with Crippen LogP contribution in [0.25, 0.3) is 0 Å². The molecule has 2 atom stereocenters. The summed E-state index contributed by atoms with van der Waals surface area (Å²) in [6.07, 6.45) is 0. The van der Waals surface area contributed by atoms with Gasteiger partial charge in [-0.1, -0.05) is 13.8 Å². The Morgan fingerprint density at radius 3 is 2.35 bits per heavy atom. The lowest BCUT2D eigenvalue weighted by Gasteiger charge is -2.39. The zero-order valence-corrected chi connectivity index (χ0v) is 12.8. The van der Waals surface area contributed by atoms with Gasteiger partial charge in [0.25, 0.3) is 0 Å². The highest BCUT2D eigenvalue weighted by atomic mass is 28.1. The van der Waals surface area contributed by atoms with Gasteiger partial charge in [0.1, 0.15) is 0 Å². The van der Waals surface area contributed by atoms with E-state index in [9.17, 15) is 4.79 Å². The normalized spacial score (nSPS) is 29.6. The maximum atomic E-state index is 12.1. The molecule has 5 heteroatoms. The molecule has 1 rings (SSSR count). The van der Waals surface area contributed by atoms with E-state index in [0.29, 0.717) is 18.4 Å². The fourth-order valence-corrected chi connectivity index (χ4v) is 3.87. The van der Waals surface area contributed by atoms with Gasteiger partial charge in [-0.15, -0.1) is 0 Å². The third kappa shape index (κ3) is 2.21. The fraction of sp³-hybridized carbons (Fsp3) is 0.750. The number of allylic oxidation sites excluding steroid dienone is 1.